The van der Waals surface area contributed by atoms with E-state index < -0.39 is 20.0 Å². The Labute approximate surface area is 189 Å². The van der Waals surface area contributed by atoms with Gasteiger partial charge in [-0.3, -0.25) is 0 Å². The fraction of sp³-hybridized carbons (Fsp3) is 0.304. The van der Waals surface area contributed by atoms with Gasteiger partial charge in [-0.15, -0.1) is 0 Å². The van der Waals surface area contributed by atoms with E-state index in [0.717, 1.165) is 16.8 Å². The number of aromatic nitrogens is 1. The van der Waals surface area contributed by atoms with Crippen LogP contribution in [0, 0.1) is 13.8 Å². The van der Waals surface area contributed by atoms with Gasteiger partial charge in [0.1, 0.15) is 0 Å². The van der Waals surface area contributed by atoms with Gasteiger partial charge in [0.25, 0.3) is 0 Å². The molecule has 0 fully saturated rings. The van der Waals surface area contributed by atoms with Crippen LogP contribution >= 0.6 is 0 Å². The Balaban J connectivity index is 1.59. The summed E-state index contributed by atoms with van der Waals surface area (Å²) in [6.07, 6.45) is 1.90. The molecular formula is C23H27N3O4S2. The molecule has 170 valence electrons. The van der Waals surface area contributed by atoms with Crippen LogP contribution in [0.4, 0.5) is 0 Å². The van der Waals surface area contributed by atoms with Crippen molar-refractivity contribution in [2.75, 3.05) is 19.6 Å². The quantitative estimate of drug-likeness (QED) is 0.596. The normalized spacial score (nSPS) is 17.6. The van der Waals surface area contributed by atoms with Crippen molar-refractivity contribution in [1.82, 2.24) is 13.6 Å². The van der Waals surface area contributed by atoms with E-state index in [0.29, 0.717) is 13.1 Å². The van der Waals surface area contributed by atoms with E-state index in [2.05, 4.69) is 4.72 Å². The Hall–Kier alpha value is -2.46. The molecule has 1 atom stereocenters. The van der Waals surface area contributed by atoms with Gasteiger partial charge < -0.3 is 4.57 Å². The maximum Gasteiger partial charge on any atom is 0.243 e. The number of nitrogens with zero attached hydrogens (tertiary/aromatic N) is 2. The molecule has 0 saturated carbocycles. The van der Waals surface area contributed by atoms with Crippen molar-refractivity contribution in [3.8, 4) is 0 Å². The van der Waals surface area contributed by atoms with Crippen molar-refractivity contribution >= 4 is 20.0 Å². The highest BCUT2D eigenvalue weighted by Gasteiger charge is 2.32. The summed E-state index contributed by atoms with van der Waals surface area (Å²) in [7, 11) is -7.42. The van der Waals surface area contributed by atoms with E-state index in [1.807, 2.05) is 42.8 Å². The van der Waals surface area contributed by atoms with E-state index in [1.54, 1.807) is 42.5 Å². The maximum atomic E-state index is 13.3. The molecule has 2 heterocycles. The molecule has 4 rings (SSSR count). The van der Waals surface area contributed by atoms with Crippen LogP contribution in [0.3, 0.4) is 0 Å². The number of fused-ring (bicyclic) bond motifs is 1. The second-order valence-electron chi connectivity index (χ2n) is 8.17. The van der Waals surface area contributed by atoms with Crippen LogP contribution in [0.2, 0.25) is 0 Å². The first-order valence-electron chi connectivity index (χ1n) is 10.4. The van der Waals surface area contributed by atoms with Crippen LogP contribution < -0.4 is 4.72 Å². The molecule has 0 radical (unpaired) electrons. The summed E-state index contributed by atoms with van der Waals surface area (Å²) in [5, 5.41) is 0. The Kier molecular flexibility index (Phi) is 6.26. The summed E-state index contributed by atoms with van der Waals surface area (Å²) in [6.45, 7) is 4.87. The third kappa shape index (κ3) is 4.66. The molecule has 1 aliphatic heterocycles. The second-order valence-corrected chi connectivity index (χ2v) is 11.9. The van der Waals surface area contributed by atoms with Gasteiger partial charge >= 0.3 is 0 Å². The summed E-state index contributed by atoms with van der Waals surface area (Å²) in [5.74, 6) is -0.327. The average Bonchev–Trinajstić information content (AvgIpc) is 3.14. The Morgan fingerprint density at radius 2 is 1.62 bits per heavy atom. The molecule has 0 aliphatic carbocycles. The minimum atomic E-state index is -3.71. The fourth-order valence-electron chi connectivity index (χ4n) is 3.97. The van der Waals surface area contributed by atoms with E-state index in [-0.39, 0.29) is 28.8 Å². The first-order chi connectivity index (χ1) is 15.2. The number of rotatable bonds is 6. The van der Waals surface area contributed by atoms with Crippen molar-refractivity contribution in [2.24, 2.45) is 0 Å². The van der Waals surface area contributed by atoms with E-state index in [9.17, 15) is 16.8 Å². The number of benzene rings is 2. The Bertz CT molecular complexity index is 1310. The summed E-state index contributed by atoms with van der Waals surface area (Å²) in [4.78, 5) is 0.444. The Morgan fingerprint density at radius 3 is 2.34 bits per heavy atom. The van der Waals surface area contributed by atoms with Gasteiger partial charge in [0, 0.05) is 44.0 Å². The molecule has 0 bridgehead atoms. The SMILES string of the molecule is Cc1ccc(S(=O)(=O)NCC2CN(S(=O)(=O)c3cccc(C)c3)CCn3cccc32)cc1. The lowest BCUT2D eigenvalue weighted by Crippen LogP contribution is -2.38. The van der Waals surface area contributed by atoms with Crippen molar-refractivity contribution in [1.29, 1.82) is 0 Å². The maximum absolute atomic E-state index is 13.3. The predicted octanol–water partition coefficient (Wildman–Crippen LogP) is 2.87. The first-order valence-corrected chi connectivity index (χ1v) is 13.4. The highest BCUT2D eigenvalue weighted by atomic mass is 32.2. The van der Waals surface area contributed by atoms with Crippen LogP contribution in [0.5, 0.6) is 0 Å². The molecule has 1 aliphatic rings. The van der Waals surface area contributed by atoms with Gasteiger partial charge in [0.2, 0.25) is 20.0 Å². The molecular weight excluding hydrogens is 446 g/mol. The summed E-state index contributed by atoms with van der Waals surface area (Å²) < 4.78 is 58.4. The van der Waals surface area contributed by atoms with Gasteiger partial charge in [-0.1, -0.05) is 29.8 Å². The highest BCUT2D eigenvalue weighted by Crippen LogP contribution is 2.26. The zero-order chi connectivity index (χ0) is 22.9. The van der Waals surface area contributed by atoms with Crippen molar-refractivity contribution < 1.29 is 16.8 Å². The number of hydrogen-bond acceptors (Lipinski definition) is 4. The third-order valence-corrected chi connectivity index (χ3v) is 9.08. The minimum Gasteiger partial charge on any atom is -0.350 e. The molecule has 7 nitrogen and oxygen atoms in total. The summed E-state index contributed by atoms with van der Waals surface area (Å²) >= 11 is 0. The van der Waals surface area contributed by atoms with Crippen LogP contribution in [-0.4, -0.2) is 45.3 Å². The zero-order valence-electron chi connectivity index (χ0n) is 18.1. The van der Waals surface area contributed by atoms with Gasteiger partial charge in [-0.25, -0.2) is 21.6 Å². The number of sulfonamides is 2. The van der Waals surface area contributed by atoms with Crippen LogP contribution in [0.1, 0.15) is 22.7 Å². The Morgan fingerprint density at radius 1 is 0.875 bits per heavy atom. The largest absolute Gasteiger partial charge is 0.350 e. The molecule has 32 heavy (non-hydrogen) atoms. The lowest BCUT2D eigenvalue weighted by atomic mass is 10.1. The van der Waals surface area contributed by atoms with E-state index in [1.165, 1.54) is 4.31 Å². The molecule has 0 spiro atoms. The molecule has 0 amide bonds. The summed E-state index contributed by atoms with van der Waals surface area (Å²) in [6, 6.07) is 17.3. The van der Waals surface area contributed by atoms with Gasteiger partial charge in [-0.2, -0.15) is 4.31 Å². The minimum absolute atomic E-state index is 0.0973. The highest BCUT2D eigenvalue weighted by molar-refractivity contribution is 7.89. The van der Waals surface area contributed by atoms with Gasteiger partial charge in [0.05, 0.1) is 9.79 Å². The zero-order valence-corrected chi connectivity index (χ0v) is 19.7. The molecule has 9 heteroatoms. The number of aryl methyl sites for hydroxylation is 2. The monoisotopic (exact) mass is 473 g/mol. The van der Waals surface area contributed by atoms with Crippen LogP contribution in [-0.2, 0) is 26.6 Å². The van der Waals surface area contributed by atoms with Crippen molar-refractivity contribution in [3.05, 3.63) is 83.7 Å². The topological polar surface area (TPSA) is 88.5 Å². The lowest BCUT2D eigenvalue weighted by Gasteiger charge is -2.24. The molecule has 0 saturated heterocycles. The van der Waals surface area contributed by atoms with Gasteiger partial charge in [0.15, 0.2) is 0 Å². The molecule has 1 aromatic heterocycles. The van der Waals surface area contributed by atoms with Crippen LogP contribution in [0.15, 0.2) is 76.7 Å². The number of nitrogens with one attached hydrogen (secondary N) is 1. The number of hydrogen-bond donors (Lipinski definition) is 1. The smallest absolute Gasteiger partial charge is 0.243 e. The molecule has 2 aromatic carbocycles. The van der Waals surface area contributed by atoms with Crippen molar-refractivity contribution in [3.63, 3.8) is 0 Å². The fourth-order valence-corrected chi connectivity index (χ4v) is 6.64. The lowest BCUT2D eigenvalue weighted by molar-refractivity contribution is 0.392. The molecule has 1 unspecified atom stereocenters. The average molecular weight is 474 g/mol. The summed E-state index contributed by atoms with van der Waals surface area (Å²) in [5.41, 5.74) is 2.76. The first kappa shape index (κ1) is 22.7. The van der Waals surface area contributed by atoms with Gasteiger partial charge in [-0.05, 0) is 55.8 Å². The van der Waals surface area contributed by atoms with E-state index in [4.69, 9.17) is 0 Å². The predicted molar refractivity (Wildman–Crippen MR) is 123 cm³/mol. The molecule has 1 N–H and O–H groups in total. The second kappa shape index (κ2) is 8.82. The van der Waals surface area contributed by atoms with E-state index >= 15 is 0 Å². The van der Waals surface area contributed by atoms with Crippen LogP contribution in [0.25, 0.3) is 0 Å². The standard InChI is InChI=1S/C23H27N3O4S2/c1-18-8-10-21(11-9-18)31(27,28)24-16-20-17-26(14-13-25-12-4-7-23(20)25)32(29,30)22-6-3-5-19(2)15-22/h3-12,15,20,24H,13-14,16-17H2,1-2H3. The molecule has 3 aromatic rings. The third-order valence-electron chi connectivity index (χ3n) is 5.78. The van der Waals surface area contributed by atoms with Crippen molar-refractivity contribution in [2.45, 2.75) is 36.1 Å².